The van der Waals surface area contributed by atoms with Crippen molar-refractivity contribution in [1.82, 2.24) is 10.1 Å². The Balaban J connectivity index is 1.80. The van der Waals surface area contributed by atoms with Crippen molar-refractivity contribution in [1.29, 1.82) is 0 Å². The van der Waals surface area contributed by atoms with Crippen LogP contribution in [0.3, 0.4) is 0 Å². The van der Waals surface area contributed by atoms with Gasteiger partial charge in [0.05, 0.1) is 10.7 Å². The Bertz CT molecular complexity index is 815. The van der Waals surface area contributed by atoms with Crippen LogP contribution in [0.2, 0.25) is 5.02 Å². The molecular weight excluding hydrogens is 302 g/mol. The zero-order valence-corrected chi connectivity index (χ0v) is 12.5. The van der Waals surface area contributed by atoms with E-state index < -0.39 is 0 Å². The number of halogens is 1. The van der Waals surface area contributed by atoms with Crippen molar-refractivity contribution in [3.05, 3.63) is 65.1 Å². The third-order valence-electron chi connectivity index (χ3n) is 3.06. The van der Waals surface area contributed by atoms with Crippen LogP contribution in [0.5, 0.6) is 0 Å². The Labute approximate surface area is 131 Å². The van der Waals surface area contributed by atoms with Gasteiger partial charge in [0.2, 0.25) is 0 Å². The summed E-state index contributed by atoms with van der Waals surface area (Å²) in [5.74, 6) is 0.0953. The molecule has 3 rings (SSSR count). The van der Waals surface area contributed by atoms with Crippen molar-refractivity contribution in [3.63, 3.8) is 0 Å². The predicted octanol–water partition coefficient (Wildman–Crippen LogP) is 3.95. The second kappa shape index (κ2) is 5.99. The van der Waals surface area contributed by atoms with E-state index in [9.17, 15) is 4.79 Å². The lowest BCUT2D eigenvalue weighted by molar-refractivity contribution is 0.101. The van der Waals surface area contributed by atoms with Crippen LogP contribution in [0.1, 0.15) is 16.1 Å². The van der Waals surface area contributed by atoms with E-state index in [1.807, 2.05) is 19.1 Å². The van der Waals surface area contributed by atoms with Gasteiger partial charge >= 0.3 is 0 Å². The van der Waals surface area contributed by atoms with Crippen LogP contribution in [0.15, 0.2) is 53.3 Å². The average molecular weight is 314 g/mol. The molecule has 110 valence electrons. The van der Waals surface area contributed by atoms with Crippen molar-refractivity contribution < 1.29 is 9.32 Å². The normalized spacial score (nSPS) is 10.5. The summed E-state index contributed by atoms with van der Waals surface area (Å²) in [4.78, 5) is 16.2. The van der Waals surface area contributed by atoms with Gasteiger partial charge in [0, 0.05) is 24.0 Å². The number of carbonyl (C=O) groups excluding carboxylic acids is 1. The molecule has 0 saturated carbocycles. The van der Waals surface area contributed by atoms with Crippen LogP contribution in [0, 0.1) is 6.92 Å². The summed E-state index contributed by atoms with van der Waals surface area (Å²) in [7, 11) is 0. The Morgan fingerprint density at radius 1 is 1.27 bits per heavy atom. The van der Waals surface area contributed by atoms with Crippen molar-refractivity contribution in [3.8, 4) is 11.3 Å². The fourth-order valence-corrected chi connectivity index (χ4v) is 2.22. The first kappa shape index (κ1) is 14.3. The van der Waals surface area contributed by atoms with Crippen molar-refractivity contribution in [2.24, 2.45) is 0 Å². The maximum absolute atomic E-state index is 12.2. The van der Waals surface area contributed by atoms with Crippen LogP contribution in [-0.4, -0.2) is 16.0 Å². The zero-order chi connectivity index (χ0) is 15.5. The van der Waals surface area contributed by atoms with Gasteiger partial charge in [-0.25, -0.2) is 0 Å². The van der Waals surface area contributed by atoms with Gasteiger partial charge in [-0.3, -0.25) is 9.78 Å². The molecule has 22 heavy (non-hydrogen) atoms. The van der Waals surface area contributed by atoms with Gasteiger partial charge in [-0.1, -0.05) is 22.8 Å². The van der Waals surface area contributed by atoms with Crippen molar-refractivity contribution in [2.75, 3.05) is 5.32 Å². The third-order valence-corrected chi connectivity index (χ3v) is 3.37. The number of anilines is 1. The number of hydrogen-bond donors (Lipinski definition) is 1. The van der Waals surface area contributed by atoms with Gasteiger partial charge in [0.1, 0.15) is 0 Å². The molecule has 0 saturated heterocycles. The highest BCUT2D eigenvalue weighted by molar-refractivity contribution is 6.34. The van der Waals surface area contributed by atoms with Gasteiger partial charge in [-0.2, -0.15) is 0 Å². The number of nitrogens with one attached hydrogen (secondary N) is 1. The number of nitrogens with zero attached hydrogens (tertiary/aromatic N) is 2. The lowest BCUT2D eigenvalue weighted by Gasteiger charge is -2.05. The summed E-state index contributed by atoms with van der Waals surface area (Å²) >= 11 is 6.10. The largest absolute Gasteiger partial charge is 0.355 e. The Morgan fingerprint density at radius 3 is 2.86 bits per heavy atom. The fraction of sp³-hybridized carbons (Fsp3) is 0.0625. The van der Waals surface area contributed by atoms with Gasteiger partial charge < -0.3 is 9.84 Å². The SMILES string of the molecule is Cc1ccc(NC(=O)c2cc(-c3cccnc3)on2)c(Cl)c1. The molecular formula is C16H12ClN3O2. The summed E-state index contributed by atoms with van der Waals surface area (Å²) < 4.78 is 5.18. The fourth-order valence-electron chi connectivity index (χ4n) is 1.93. The lowest BCUT2D eigenvalue weighted by atomic mass is 10.2. The summed E-state index contributed by atoms with van der Waals surface area (Å²) in [6.07, 6.45) is 3.30. The molecule has 5 nitrogen and oxygen atoms in total. The Hall–Kier alpha value is -2.66. The molecule has 1 amide bonds. The number of carbonyl (C=O) groups is 1. The summed E-state index contributed by atoms with van der Waals surface area (Å²) in [5, 5.41) is 6.96. The van der Waals surface area contributed by atoms with Crippen LogP contribution >= 0.6 is 11.6 Å². The highest BCUT2D eigenvalue weighted by Gasteiger charge is 2.15. The first-order valence-corrected chi connectivity index (χ1v) is 6.96. The number of rotatable bonds is 3. The number of hydrogen-bond acceptors (Lipinski definition) is 4. The highest BCUT2D eigenvalue weighted by Crippen LogP contribution is 2.24. The molecule has 2 aromatic heterocycles. The zero-order valence-electron chi connectivity index (χ0n) is 11.7. The average Bonchev–Trinajstić information content (AvgIpc) is 3.01. The topological polar surface area (TPSA) is 68.0 Å². The monoisotopic (exact) mass is 313 g/mol. The molecule has 0 aliphatic rings. The molecule has 0 bridgehead atoms. The molecule has 0 spiro atoms. The molecule has 0 aliphatic heterocycles. The molecule has 0 unspecified atom stereocenters. The first-order chi connectivity index (χ1) is 10.6. The van der Waals surface area contributed by atoms with E-state index in [4.69, 9.17) is 16.1 Å². The van der Waals surface area contributed by atoms with Crippen LogP contribution < -0.4 is 5.32 Å². The number of aromatic nitrogens is 2. The van der Waals surface area contributed by atoms with Crippen LogP contribution in [0.25, 0.3) is 11.3 Å². The Morgan fingerprint density at radius 2 is 2.14 bits per heavy atom. The first-order valence-electron chi connectivity index (χ1n) is 6.58. The summed E-state index contributed by atoms with van der Waals surface area (Å²) in [6.45, 7) is 1.93. The number of benzene rings is 1. The molecule has 2 heterocycles. The minimum Gasteiger partial charge on any atom is -0.355 e. The van der Waals surface area contributed by atoms with Gasteiger partial charge in [-0.05, 0) is 36.8 Å². The quantitative estimate of drug-likeness (QED) is 0.795. The van der Waals surface area contributed by atoms with Crippen molar-refractivity contribution >= 4 is 23.2 Å². The smallest absolute Gasteiger partial charge is 0.277 e. The van der Waals surface area contributed by atoms with E-state index in [2.05, 4.69) is 15.5 Å². The predicted molar refractivity (Wildman–Crippen MR) is 83.9 cm³/mol. The maximum Gasteiger partial charge on any atom is 0.277 e. The molecule has 0 aliphatic carbocycles. The van der Waals surface area contributed by atoms with E-state index in [0.29, 0.717) is 16.5 Å². The second-order valence-corrected chi connectivity index (χ2v) is 5.16. The van der Waals surface area contributed by atoms with E-state index in [0.717, 1.165) is 11.1 Å². The molecule has 0 atom stereocenters. The number of aryl methyl sites for hydroxylation is 1. The minimum atomic E-state index is -0.385. The molecule has 1 N–H and O–H groups in total. The van der Waals surface area contributed by atoms with Crippen LogP contribution in [0.4, 0.5) is 5.69 Å². The molecule has 1 aromatic carbocycles. The van der Waals surface area contributed by atoms with E-state index in [-0.39, 0.29) is 11.6 Å². The maximum atomic E-state index is 12.2. The minimum absolute atomic E-state index is 0.176. The molecule has 6 heteroatoms. The van der Waals surface area contributed by atoms with Gasteiger partial charge in [-0.15, -0.1) is 0 Å². The number of amides is 1. The second-order valence-electron chi connectivity index (χ2n) is 4.76. The van der Waals surface area contributed by atoms with Gasteiger partial charge in [0.25, 0.3) is 5.91 Å². The molecule has 0 fully saturated rings. The van der Waals surface area contributed by atoms with E-state index in [1.54, 1.807) is 36.7 Å². The molecule has 0 radical (unpaired) electrons. The lowest BCUT2D eigenvalue weighted by Crippen LogP contribution is -2.12. The number of pyridine rings is 1. The van der Waals surface area contributed by atoms with Crippen molar-refractivity contribution in [2.45, 2.75) is 6.92 Å². The molecule has 3 aromatic rings. The Kier molecular flexibility index (Phi) is 3.89. The standard InChI is InChI=1S/C16H12ClN3O2/c1-10-4-5-13(12(17)7-10)19-16(21)14-8-15(22-20-14)11-3-2-6-18-9-11/h2-9H,1H3,(H,19,21). The van der Waals surface area contributed by atoms with E-state index >= 15 is 0 Å². The third kappa shape index (κ3) is 2.99. The summed E-state index contributed by atoms with van der Waals surface area (Å²) in [6, 6.07) is 10.6. The highest BCUT2D eigenvalue weighted by atomic mass is 35.5. The summed E-state index contributed by atoms with van der Waals surface area (Å²) in [5.41, 5.74) is 2.48. The van der Waals surface area contributed by atoms with Crippen LogP contribution in [-0.2, 0) is 0 Å². The van der Waals surface area contributed by atoms with Gasteiger partial charge in [0.15, 0.2) is 11.5 Å². The van der Waals surface area contributed by atoms with E-state index in [1.165, 1.54) is 0 Å².